The Balaban J connectivity index is 2.26. The Hall–Kier alpha value is -2.09. The molecule has 0 aliphatic rings. The van der Waals surface area contributed by atoms with Gasteiger partial charge in [-0.2, -0.15) is 0 Å². The maximum atomic E-state index is 12.1. The summed E-state index contributed by atoms with van der Waals surface area (Å²) in [6, 6.07) is 11.9. The zero-order valence-corrected chi connectivity index (χ0v) is 10.5. The molecule has 0 aliphatic carbocycles. The molecule has 18 heavy (non-hydrogen) atoms. The number of carbonyl (C=O) groups excluding carboxylic acids is 1. The molecular weight excluding hydrogens is 222 g/mol. The minimum Gasteiger partial charge on any atom is -0.358 e. The van der Waals surface area contributed by atoms with Crippen molar-refractivity contribution in [2.75, 3.05) is 0 Å². The van der Waals surface area contributed by atoms with E-state index in [2.05, 4.69) is 11.9 Å². The van der Waals surface area contributed by atoms with Crippen molar-refractivity contribution in [3.05, 3.63) is 60.4 Å². The number of hydrogen-bond acceptors (Lipinski definition) is 1. The lowest BCUT2D eigenvalue weighted by Gasteiger charge is -2.01. The first-order chi connectivity index (χ1) is 8.83. The summed E-state index contributed by atoms with van der Waals surface area (Å²) in [6.45, 7) is 2.10. The van der Waals surface area contributed by atoms with Gasteiger partial charge in [0.2, 0.25) is 5.78 Å². The van der Waals surface area contributed by atoms with Crippen LogP contribution in [0.25, 0.3) is 11.1 Å². The van der Waals surface area contributed by atoms with Crippen molar-refractivity contribution in [2.45, 2.75) is 19.8 Å². The number of benzene rings is 1. The molecule has 0 saturated heterocycles. The highest BCUT2D eigenvalue weighted by atomic mass is 16.1. The lowest BCUT2D eigenvalue weighted by Crippen LogP contribution is -1.97. The fraction of sp³-hybridized carbons (Fsp3) is 0.188. The van der Waals surface area contributed by atoms with Crippen molar-refractivity contribution in [3.63, 3.8) is 0 Å². The molecule has 92 valence electrons. The van der Waals surface area contributed by atoms with Crippen LogP contribution in [0, 0.1) is 0 Å². The molecule has 0 aliphatic heterocycles. The molecule has 1 aromatic carbocycles. The van der Waals surface area contributed by atoms with E-state index in [1.165, 1.54) is 0 Å². The van der Waals surface area contributed by atoms with Gasteiger partial charge in [-0.3, -0.25) is 4.79 Å². The summed E-state index contributed by atoms with van der Waals surface area (Å²) in [5.74, 6) is 0.0345. The molecule has 0 fully saturated rings. The van der Waals surface area contributed by atoms with Crippen molar-refractivity contribution in [1.29, 1.82) is 0 Å². The topological polar surface area (TPSA) is 32.9 Å². The van der Waals surface area contributed by atoms with Crippen molar-refractivity contribution < 1.29 is 4.79 Å². The summed E-state index contributed by atoms with van der Waals surface area (Å²) >= 11 is 0. The van der Waals surface area contributed by atoms with Crippen LogP contribution in [0.2, 0.25) is 0 Å². The molecule has 0 saturated carbocycles. The van der Waals surface area contributed by atoms with Gasteiger partial charge in [0.05, 0.1) is 5.69 Å². The van der Waals surface area contributed by atoms with Gasteiger partial charge in [0, 0.05) is 11.8 Å². The molecule has 1 heterocycles. The summed E-state index contributed by atoms with van der Waals surface area (Å²) in [6.07, 6.45) is 7.39. The molecule has 0 unspecified atom stereocenters. The molecule has 2 rings (SSSR count). The van der Waals surface area contributed by atoms with Crippen LogP contribution in [0.5, 0.6) is 0 Å². The van der Waals surface area contributed by atoms with Crippen molar-refractivity contribution >= 4 is 5.78 Å². The number of ketones is 1. The second kappa shape index (κ2) is 6.01. The van der Waals surface area contributed by atoms with Crippen LogP contribution in [-0.2, 0) is 0 Å². The van der Waals surface area contributed by atoms with E-state index in [-0.39, 0.29) is 5.78 Å². The predicted molar refractivity (Wildman–Crippen MR) is 74.6 cm³/mol. The second-order valence-electron chi connectivity index (χ2n) is 4.19. The molecule has 2 nitrogen and oxygen atoms in total. The highest BCUT2D eigenvalue weighted by Gasteiger charge is 2.11. The third kappa shape index (κ3) is 2.77. The molecule has 2 aromatic rings. The van der Waals surface area contributed by atoms with E-state index in [1.54, 1.807) is 6.08 Å². The molecular formula is C16H17NO. The van der Waals surface area contributed by atoms with E-state index < -0.39 is 0 Å². The summed E-state index contributed by atoms with van der Waals surface area (Å²) in [4.78, 5) is 15.1. The van der Waals surface area contributed by atoms with Gasteiger partial charge in [0.1, 0.15) is 0 Å². The van der Waals surface area contributed by atoms with Gasteiger partial charge in [-0.1, -0.05) is 49.8 Å². The third-order valence-corrected chi connectivity index (χ3v) is 2.80. The van der Waals surface area contributed by atoms with Crippen LogP contribution < -0.4 is 0 Å². The number of H-pyrrole nitrogens is 1. The zero-order chi connectivity index (χ0) is 12.8. The fourth-order valence-electron chi connectivity index (χ4n) is 1.87. The van der Waals surface area contributed by atoms with E-state index in [0.717, 1.165) is 24.0 Å². The van der Waals surface area contributed by atoms with Crippen LogP contribution in [0.15, 0.2) is 54.7 Å². The van der Waals surface area contributed by atoms with E-state index >= 15 is 0 Å². The van der Waals surface area contributed by atoms with E-state index in [9.17, 15) is 4.79 Å². The normalized spacial score (nSPS) is 10.9. The van der Waals surface area contributed by atoms with Gasteiger partial charge >= 0.3 is 0 Å². The highest BCUT2D eigenvalue weighted by Crippen LogP contribution is 2.23. The molecule has 0 bridgehead atoms. The maximum Gasteiger partial charge on any atom is 0.202 e. The van der Waals surface area contributed by atoms with Gasteiger partial charge in [-0.05, 0) is 24.1 Å². The number of aromatic amines is 1. The summed E-state index contributed by atoms with van der Waals surface area (Å²) in [5, 5.41) is 0. The lowest BCUT2D eigenvalue weighted by atomic mass is 10.0. The number of nitrogens with one attached hydrogen (secondary N) is 1. The minimum atomic E-state index is 0.0345. The summed E-state index contributed by atoms with van der Waals surface area (Å²) in [5.41, 5.74) is 2.68. The van der Waals surface area contributed by atoms with Crippen LogP contribution >= 0.6 is 0 Å². The summed E-state index contributed by atoms with van der Waals surface area (Å²) < 4.78 is 0. The molecule has 1 aromatic heterocycles. The van der Waals surface area contributed by atoms with Crippen LogP contribution in [-0.4, -0.2) is 10.8 Å². The Bertz CT molecular complexity index is 537. The Labute approximate surface area is 107 Å². The zero-order valence-electron chi connectivity index (χ0n) is 10.5. The average molecular weight is 239 g/mol. The van der Waals surface area contributed by atoms with E-state index in [4.69, 9.17) is 0 Å². The quantitative estimate of drug-likeness (QED) is 0.615. The average Bonchev–Trinajstić information content (AvgIpc) is 2.89. The molecule has 0 radical (unpaired) electrons. The number of carbonyl (C=O) groups is 1. The first-order valence-electron chi connectivity index (χ1n) is 6.26. The van der Waals surface area contributed by atoms with Crippen LogP contribution in [0.1, 0.15) is 30.3 Å². The number of aromatic nitrogens is 1. The van der Waals surface area contributed by atoms with Crippen LogP contribution in [0.4, 0.5) is 0 Å². The van der Waals surface area contributed by atoms with E-state index in [1.807, 2.05) is 48.7 Å². The van der Waals surface area contributed by atoms with Crippen molar-refractivity contribution in [2.24, 2.45) is 0 Å². The summed E-state index contributed by atoms with van der Waals surface area (Å²) in [7, 11) is 0. The fourth-order valence-corrected chi connectivity index (χ4v) is 1.87. The Morgan fingerprint density at radius 1 is 1.22 bits per heavy atom. The van der Waals surface area contributed by atoms with Gasteiger partial charge in [-0.25, -0.2) is 0 Å². The van der Waals surface area contributed by atoms with Crippen molar-refractivity contribution in [3.8, 4) is 11.1 Å². The predicted octanol–water partition coefficient (Wildman–Crippen LogP) is 4.22. The smallest absolute Gasteiger partial charge is 0.202 e. The van der Waals surface area contributed by atoms with E-state index in [0.29, 0.717) is 5.69 Å². The van der Waals surface area contributed by atoms with Gasteiger partial charge < -0.3 is 4.98 Å². The number of allylic oxidation sites excluding steroid dienone is 2. The highest BCUT2D eigenvalue weighted by molar-refractivity contribution is 6.07. The number of hydrogen-bond donors (Lipinski definition) is 1. The SMILES string of the molecule is CCC/C=C/C(=O)c1[nH]ccc1-c1ccccc1. The Kier molecular flexibility index (Phi) is 4.13. The maximum absolute atomic E-state index is 12.1. The van der Waals surface area contributed by atoms with Crippen molar-refractivity contribution in [1.82, 2.24) is 4.98 Å². The Morgan fingerprint density at radius 3 is 2.72 bits per heavy atom. The molecule has 0 amide bonds. The number of rotatable bonds is 5. The monoisotopic (exact) mass is 239 g/mol. The van der Waals surface area contributed by atoms with Gasteiger partial charge in [-0.15, -0.1) is 0 Å². The molecule has 1 N–H and O–H groups in total. The second-order valence-corrected chi connectivity index (χ2v) is 4.19. The minimum absolute atomic E-state index is 0.0345. The first-order valence-corrected chi connectivity index (χ1v) is 6.26. The Morgan fingerprint density at radius 2 is 2.00 bits per heavy atom. The molecule has 0 spiro atoms. The van der Waals surface area contributed by atoms with Gasteiger partial charge in [0.25, 0.3) is 0 Å². The van der Waals surface area contributed by atoms with Gasteiger partial charge in [0.15, 0.2) is 0 Å². The standard InChI is InChI=1S/C16H17NO/c1-2-3-5-10-15(18)16-14(11-12-17-16)13-8-6-4-7-9-13/h4-12,17H,2-3H2,1H3/b10-5+. The largest absolute Gasteiger partial charge is 0.358 e. The van der Waals surface area contributed by atoms with Crippen LogP contribution in [0.3, 0.4) is 0 Å². The number of unbranched alkanes of at least 4 members (excludes halogenated alkanes) is 1. The first kappa shape index (κ1) is 12.4. The third-order valence-electron chi connectivity index (χ3n) is 2.80. The molecule has 0 atom stereocenters. The lowest BCUT2D eigenvalue weighted by molar-refractivity contribution is 0.104. The molecule has 2 heteroatoms.